The van der Waals surface area contributed by atoms with Crippen molar-refractivity contribution in [1.29, 1.82) is 5.26 Å². The number of nitrogens with zero attached hydrogens (tertiary/aromatic N) is 3. The van der Waals surface area contributed by atoms with Crippen LogP contribution in [0.25, 0.3) is 27.7 Å². The van der Waals surface area contributed by atoms with E-state index in [2.05, 4.69) is 21.4 Å². The minimum Gasteiger partial charge on any atom is -0.359 e. The second-order valence-electron chi connectivity index (χ2n) is 6.19. The molecule has 0 amide bonds. The molecule has 136 valence electrons. The highest BCUT2D eigenvalue weighted by Crippen LogP contribution is 2.27. The van der Waals surface area contributed by atoms with E-state index in [1.807, 2.05) is 42.6 Å². The van der Waals surface area contributed by atoms with Crippen molar-refractivity contribution in [2.24, 2.45) is 0 Å². The first-order valence-electron chi connectivity index (χ1n) is 8.59. The first kappa shape index (κ1) is 17.8. The monoisotopic (exact) mass is 386 g/mol. The minimum absolute atomic E-state index is 0.292. The van der Waals surface area contributed by atoms with Gasteiger partial charge in [-0.3, -0.25) is 4.98 Å². The van der Waals surface area contributed by atoms with Gasteiger partial charge in [-0.05, 0) is 43.3 Å². The molecular formula is C22H15FN4S. The zero-order valence-corrected chi connectivity index (χ0v) is 15.8. The summed E-state index contributed by atoms with van der Waals surface area (Å²) in [5.74, 6) is -0.292. The molecule has 0 unspecified atom stereocenters. The van der Waals surface area contributed by atoms with Crippen molar-refractivity contribution in [2.75, 3.05) is 5.32 Å². The summed E-state index contributed by atoms with van der Waals surface area (Å²) < 4.78 is 13.1. The summed E-state index contributed by atoms with van der Waals surface area (Å²) in [7, 11) is 0. The van der Waals surface area contributed by atoms with Gasteiger partial charge in [-0.25, -0.2) is 9.37 Å². The van der Waals surface area contributed by atoms with Gasteiger partial charge < -0.3 is 5.32 Å². The van der Waals surface area contributed by atoms with Crippen LogP contribution in [-0.2, 0) is 0 Å². The molecule has 0 radical (unpaired) electrons. The zero-order chi connectivity index (χ0) is 19.5. The lowest BCUT2D eigenvalue weighted by Gasteiger charge is -2.06. The summed E-state index contributed by atoms with van der Waals surface area (Å²) in [5.41, 5.74) is 4.54. The number of para-hydroxylation sites is 1. The molecule has 0 fully saturated rings. The molecule has 4 aromatic rings. The second-order valence-corrected chi connectivity index (χ2v) is 7.05. The van der Waals surface area contributed by atoms with Crippen LogP contribution >= 0.6 is 11.3 Å². The van der Waals surface area contributed by atoms with Crippen molar-refractivity contribution < 1.29 is 4.39 Å². The average Bonchev–Trinajstić information content (AvgIpc) is 3.19. The Labute approximate surface area is 165 Å². The Hall–Kier alpha value is -3.56. The van der Waals surface area contributed by atoms with E-state index in [9.17, 15) is 9.65 Å². The fourth-order valence-electron chi connectivity index (χ4n) is 2.80. The molecule has 1 N–H and O–H groups in total. The number of pyridine rings is 1. The molecule has 2 aromatic carbocycles. The molecule has 4 rings (SSSR count). The van der Waals surface area contributed by atoms with Crippen molar-refractivity contribution in [3.8, 4) is 17.3 Å². The summed E-state index contributed by atoms with van der Waals surface area (Å²) in [5, 5.41) is 16.2. The Morgan fingerprint density at radius 3 is 2.71 bits per heavy atom. The molecule has 0 spiro atoms. The van der Waals surface area contributed by atoms with Gasteiger partial charge in [0.2, 0.25) is 0 Å². The van der Waals surface area contributed by atoms with Crippen LogP contribution in [0, 0.1) is 24.1 Å². The quantitative estimate of drug-likeness (QED) is 0.452. The standard InChI is InChI=1S/C22H15FN4S/c1-14-5-6-16-3-2-4-19(21(16)26-14)25-12-17(11-24)22-27-20(13-28-22)15-7-9-18(23)10-8-15/h2-10,12-13,25H,1H3/b17-12+. The van der Waals surface area contributed by atoms with Gasteiger partial charge >= 0.3 is 0 Å². The number of aryl methyl sites for hydroxylation is 1. The molecule has 0 atom stereocenters. The molecule has 2 aromatic heterocycles. The van der Waals surface area contributed by atoms with Crippen LogP contribution in [0.15, 0.2) is 66.2 Å². The minimum atomic E-state index is -0.292. The highest BCUT2D eigenvalue weighted by molar-refractivity contribution is 7.11. The molecule has 0 aliphatic rings. The highest BCUT2D eigenvalue weighted by Gasteiger charge is 2.10. The molecule has 0 bridgehead atoms. The maximum absolute atomic E-state index is 13.1. The van der Waals surface area contributed by atoms with Gasteiger partial charge in [0.05, 0.1) is 16.9 Å². The van der Waals surface area contributed by atoms with Crippen LogP contribution in [0.3, 0.4) is 0 Å². The normalized spacial score (nSPS) is 11.4. The van der Waals surface area contributed by atoms with E-state index < -0.39 is 0 Å². The number of halogens is 1. The summed E-state index contributed by atoms with van der Waals surface area (Å²) in [6, 6.07) is 18.2. The Balaban J connectivity index is 1.63. The van der Waals surface area contributed by atoms with Gasteiger partial charge in [-0.1, -0.05) is 18.2 Å². The van der Waals surface area contributed by atoms with Gasteiger partial charge in [0.1, 0.15) is 22.5 Å². The van der Waals surface area contributed by atoms with Crippen LogP contribution in [0.5, 0.6) is 0 Å². The summed E-state index contributed by atoms with van der Waals surface area (Å²) in [6.45, 7) is 1.94. The number of fused-ring (bicyclic) bond motifs is 1. The van der Waals surface area contributed by atoms with Crippen LogP contribution < -0.4 is 5.32 Å². The van der Waals surface area contributed by atoms with Gasteiger partial charge in [0, 0.05) is 28.2 Å². The molecule has 0 saturated carbocycles. The number of nitrogens with one attached hydrogen (secondary N) is 1. The third-order valence-electron chi connectivity index (χ3n) is 4.23. The Bertz CT molecular complexity index is 1220. The predicted octanol–water partition coefficient (Wildman–Crippen LogP) is 5.78. The number of allylic oxidation sites excluding steroid dienone is 1. The smallest absolute Gasteiger partial charge is 0.136 e. The largest absolute Gasteiger partial charge is 0.359 e. The van der Waals surface area contributed by atoms with Gasteiger partial charge in [-0.2, -0.15) is 5.26 Å². The average molecular weight is 386 g/mol. The summed E-state index contributed by atoms with van der Waals surface area (Å²) in [4.78, 5) is 9.10. The van der Waals surface area contributed by atoms with Crippen LogP contribution in [0.2, 0.25) is 0 Å². The molecule has 28 heavy (non-hydrogen) atoms. The number of rotatable bonds is 4. The zero-order valence-electron chi connectivity index (χ0n) is 15.0. The third-order valence-corrected chi connectivity index (χ3v) is 5.10. The molecule has 2 heterocycles. The van der Waals surface area contributed by atoms with Gasteiger partial charge in [-0.15, -0.1) is 11.3 Å². The van der Waals surface area contributed by atoms with Crippen molar-refractivity contribution in [1.82, 2.24) is 9.97 Å². The van der Waals surface area contributed by atoms with Crippen molar-refractivity contribution in [3.63, 3.8) is 0 Å². The molecule has 0 aliphatic heterocycles. The van der Waals surface area contributed by atoms with E-state index >= 15 is 0 Å². The lowest BCUT2D eigenvalue weighted by Crippen LogP contribution is -1.94. The topological polar surface area (TPSA) is 61.6 Å². The third kappa shape index (κ3) is 3.61. The fourth-order valence-corrected chi connectivity index (χ4v) is 3.60. The fraction of sp³-hybridized carbons (Fsp3) is 0.0455. The molecule has 4 nitrogen and oxygen atoms in total. The number of thiazole rings is 1. The van der Waals surface area contributed by atoms with Crippen molar-refractivity contribution >= 4 is 33.5 Å². The Morgan fingerprint density at radius 2 is 1.93 bits per heavy atom. The van der Waals surface area contributed by atoms with Gasteiger partial charge in [0.25, 0.3) is 0 Å². The van der Waals surface area contributed by atoms with E-state index in [1.54, 1.807) is 18.3 Å². The van der Waals surface area contributed by atoms with Gasteiger partial charge in [0.15, 0.2) is 0 Å². The van der Waals surface area contributed by atoms with Crippen LogP contribution in [0.1, 0.15) is 10.7 Å². The Kier molecular flexibility index (Phi) is 4.83. The maximum atomic E-state index is 13.1. The molecular weight excluding hydrogens is 371 g/mol. The second kappa shape index (κ2) is 7.59. The SMILES string of the molecule is Cc1ccc2cccc(N/C=C(\C#N)c3nc(-c4ccc(F)cc4)cs3)c2n1. The summed E-state index contributed by atoms with van der Waals surface area (Å²) >= 11 is 1.37. The maximum Gasteiger partial charge on any atom is 0.136 e. The van der Waals surface area contributed by atoms with E-state index in [4.69, 9.17) is 0 Å². The highest BCUT2D eigenvalue weighted by atomic mass is 32.1. The van der Waals surface area contributed by atoms with E-state index in [0.29, 0.717) is 16.3 Å². The number of anilines is 1. The number of benzene rings is 2. The predicted molar refractivity (Wildman–Crippen MR) is 111 cm³/mol. The molecule has 0 aliphatic carbocycles. The number of hydrogen-bond donors (Lipinski definition) is 1. The lowest BCUT2D eigenvalue weighted by molar-refractivity contribution is 0.628. The number of hydrogen-bond acceptors (Lipinski definition) is 5. The van der Waals surface area contributed by atoms with Crippen molar-refractivity contribution in [3.05, 3.63) is 82.7 Å². The van der Waals surface area contributed by atoms with E-state index in [1.165, 1.54) is 23.5 Å². The van der Waals surface area contributed by atoms with E-state index in [0.717, 1.165) is 27.8 Å². The first-order chi connectivity index (χ1) is 13.6. The lowest BCUT2D eigenvalue weighted by atomic mass is 10.1. The van der Waals surface area contributed by atoms with Crippen LogP contribution in [-0.4, -0.2) is 9.97 Å². The summed E-state index contributed by atoms with van der Waals surface area (Å²) in [6.07, 6.45) is 1.64. The molecule has 0 saturated heterocycles. The number of aromatic nitrogens is 2. The number of nitriles is 1. The first-order valence-corrected chi connectivity index (χ1v) is 9.47. The van der Waals surface area contributed by atoms with Crippen LogP contribution in [0.4, 0.5) is 10.1 Å². The van der Waals surface area contributed by atoms with E-state index in [-0.39, 0.29) is 5.82 Å². The Morgan fingerprint density at radius 1 is 1.11 bits per heavy atom. The van der Waals surface area contributed by atoms with Crippen molar-refractivity contribution in [2.45, 2.75) is 6.92 Å². The molecule has 6 heteroatoms.